The number of rotatable bonds is 6. The predicted molar refractivity (Wildman–Crippen MR) is 107 cm³/mol. The van der Waals surface area contributed by atoms with Crippen molar-refractivity contribution in [2.75, 3.05) is 11.6 Å². The maximum Gasteiger partial charge on any atom is 0.244 e. The van der Waals surface area contributed by atoms with Gasteiger partial charge in [-0.3, -0.25) is 4.79 Å². The van der Waals surface area contributed by atoms with Crippen molar-refractivity contribution in [2.45, 2.75) is 12.3 Å². The largest absolute Gasteiger partial charge is 0.323 e. The lowest BCUT2D eigenvalue weighted by molar-refractivity contribution is -0.116. The molecule has 0 spiro atoms. The number of carbonyl (C=O) groups is 1. The summed E-state index contributed by atoms with van der Waals surface area (Å²) in [6.45, 7) is 0.197. The van der Waals surface area contributed by atoms with E-state index in [-0.39, 0.29) is 12.5 Å². The molecule has 1 N–H and O–H groups in total. The van der Waals surface area contributed by atoms with Crippen molar-refractivity contribution in [3.63, 3.8) is 0 Å². The molecular formula is C19H18N6OS. The molecule has 0 radical (unpaired) electrons. The first-order chi connectivity index (χ1) is 13.3. The fraction of sp³-hybridized carbons (Fsp3) is 0.158. The number of carbonyl (C=O) groups excluding carboxylic acids is 1. The Morgan fingerprint density at radius 3 is 2.78 bits per heavy atom. The van der Waals surface area contributed by atoms with Crippen molar-refractivity contribution >= 4 is 34.4 Å². The molecule has 0 unspecified atom stereocenters. The summed E-state index contributed by atoms with van der Waals surface area (Å²) in [5.41, 5.74) is 3.31. The molecule has 0 aliphatic rings. The van der Waals surface area contributed by atoms with Gasteiger partial charge in [0.15, 0.2) is 0 Å². The molecule has 0 atom stereocenters. The third kappa shape index (κ3) is 3.56. The molecule has 0 saturated heterocycles. The number of hydrogen-bond donors (Lipinski definition) is 1. The van der Waals surface area contributed by atoms with Gasteiger partial charge >= 0.3 is 0 Å². The molecule has 0 fully saturated rings. The molecule has 0 aliphatic carbocycles. The molecule has 2 aromatic heterocycles. The number of nitrogens with zero attached hydrogens (tertiary/aromatic N) is 5. The first kappa shape index (κ1) is 17.3. The van der Waals surface area contributed by atoms with E-state index in [9.17, 15) is 4.79 Å². The normalized spacial score (nSPS) is 11.0. The number of imidazole rings is 1. The van der Waals surface area contributed by atoms with Crippen LogP contribution in [-0.2, 0) is 17.1 Å². The van der Waals surface area contributed by atoms with Crippen molar-refractivity contribution in [3.05, 3.63) is 67.0 Å². The van der Waals surface area contributed by atoms with Crippen LogP contribution in [0.2, 0.25) is 0 Å². The van der Waals surface area contributed by atoms with Crippen LogP contribution in [0.3, 0.4) is 0 Å². The molecule has 8 heteroatoms. The quantitative estimate of drug-likeness (QED) is 0.558. The van der Waals surface area contributed by atoms with Gasteiger partial charge in [0.1, 0.15) is 25.0 Å². The standard InChI is InChI=1S/C19H18N6OS/c1-27-11-18-22-14-6-2-4-8-16(14)24(18)10-19(26)23-15-7-3-5-9-17(15)25-13-20-12-21-25/h2-9,12-13H,10-11H2,1H3,(H,23,26). The zero-order valence-electron chi connectivity index (χ0n) is 14.7. The molecule has 2 aromatic carbocycles. The minimum Gasteiger partial charge on any atom is -0.323 e. The lowest BCUT2D eigenvalue weighted by atomic mass is 10.2. The van der Waals surface area contributed by atoms with Crippen molar-refractivity contribution in [1.29, 1.82) is 0 Å². The molecule has 7 nitrogen and oxygen atoms in total. The third-order valence-corrected chi connectivity index (χ3v) is 4.70. The number of hydrogen-bond acceptors (Lipinski definition) is 5. The van der Waals surface area contributed by atoms with Gasteiger partial charge in [0.2, 0.25) is 5.91 Å². The minimum atomic E-state index is -0.118. The second kappa shape index (κ2) is 7.63. The fourth-order valence-corrected chi connectivity index (χ4v) is 3.46. The third-order valence-electron chi connectivity index (χ3n) is 4.15. The van der Waals surface area contributed by atoms with Crippen molar-refractivity contribution < 1.29 is 4.79 Å². The average molecular weight is 378 g/mol. The Balaban J connectivity index is 1.61. The van der Waals surface area contributed by atoms with Crippen LogP contribution in [0.5, 0.6) is 0 Å². The number of benzene rings is 2. The van der Waals surface area contributed by atoms with Crippen LogP contribution in [0.1, 0.15) is 5.82 Å². The molecule has 136 valence electrons. The van der Waals surface area contributed by atoms with Gasteiger partial charge in [-0.15, -0.1) is 0 Å². The van der Waals surface area contributed by atoms with E-state index < -0.39 is 0 Å². The van der Waals surface area contributed by atoms with Crippen LogP contribution in [0, 0.1) is 0 Å². The molecule has 4 aromatic rings. The van der Waals surface area contributed by atoms with Crippen LogP contribution in [0.4, 0.5) is 5.69 Å². The van der Waals surface area contributed by atoms with E-state index in [2.05, 4.69) is 20.4 Å². The van der Waals surface area contributed by atoms with E-state index in [0.717, 1.165) is 28.3 Å². The minimum absolute atomic E-state index is 0.118. The number of thioether (sulfide) groups is 1. The van der Waals surface area contributed by atoms with Crippen molar-refractivity contribution in [2.24, 2.45) is 0 Å². The molecule has 0 bridgehead atoms. The van der Waals surface area contributed by atoms with Gasteiger partial charge in [-0.2, -0.15) is 16.9 Å². The summed E-state index contributed by atoms with van der Waals surface area (Å²) in [7, 11) is 0. The number of para-hydroxylation sites is 4. The van der Waals surface area contributed by atoms with E-state index in [1.165, 1.54) is 6.33 Å². The average Bonchev–Trinajstić information content (AvgIpc) is 3.32. The maximum absolute atomic E-state index is 12.8. The topological polar surface area (TPSA) is 77.6 Å². The fourth-order valence-electron chi connectivity index (χ4n) is 2.99. The second-order valence-electron chi connectivity index (χ2n) is 5.94. The van der Waals surface area contributed by atoms with E-state index in [4.69, 9.17) is 0 Å². The lowest BCUT2D eigenvalue weighted by Gasteiger charge is -2.12. The van der Waals surface area contributed by atoms with Gasteiger partial charge in [0.25, 0.3) is 0 Å². The molecular weight excluding hydrogens is 360 g/mol. The number of anilines is 1. The highest BCUT2D eigenvalue weighted by molar-refractivity contribution is 7.97. The molecule has 0 saturated carbocycles. The molecule has 4 rings (SSSR count). The Hall–Kier alpha value is -3.13. The number of nitrogens with one attached hydrogen (secondary N) is 1. The first-order valence-electron chi connectivity index (χ1n) is 8.43. The van der Waals surface area contributed by atoms with E-state index in [0.29, 0.717) is 5.69 Å². The predicted octanol–water partition coefficient (Wildman–Crippen LogP) is 3.12. The molecule has 1 amide bonds. The van der Waals surface area contributed by atoms with Crippen LogP contribution < -0.4 is 5.32 Å². The second-order valence-corrected chi connectivity index (χ2v) is 6.81. The van der Waals surface area contributed by atoms with Crippen LogP contribution >= 0.6 is 11.8 Å². The molecule has 27 heavy (non-hydrogen) atoms. The van der Waals surface area contributed by atoms with Gasteiger partial charge in [0, 0.05) is 0 Å². The summed E-state index contributed by atoms with van der Waals surface area (Å²) in [5, 5.41) is 7.13. The summed E-state index contributed by atoms with van der Waals surface area (Å²) in [5.74, 6) is 1.52. The number of amides is 1. The zero-order chi connectivity index (χ0) is 18.6. The highest BCUT2D eigenvalue weighted by Crippen LogP contribution is 2.21. The first-order valence-corrected chi connectivity index (χ1v) is 9.82. The summed E-state index contributed by atoms with van der Waals surface area (Å²) in [6.07, 6.45) is 5.09. The Kier molecular flexibility index (Phi) is 4.88. The van der Waals surface area contributed by atoms with Gasteiger partial charge in [-0.25, -0.2) is 14.6 Å². The van der Waals surface area contributed by atoms with Crippen molar-refractivity contribution in [3.8, 4) is 5.69 Å². The van der Waals surface area contributed by atoms with E-state index >= 15 is 0 Å². The van der Waals surface area contributed by atoms with Gasteiger partial charge < -0.3 is 9.88 Å². The van der Waals surface area contributed by atoms with Gasteiger partial charge in [-0.1, -0.05) is 24.3 Å². The summed E-state index contributed by atoms with van der Waals surface area (Å²) >= 11 is 1.68. The van der Waals surface area contributed by atoms with Crippen LogP contribution in [0.25, 0.3) is 16.7 Å². The van der Waals surface area contributed by atoms with E-state index in [1.807, 2.05) is 59.4 Å². The molecule has 0 aliphatic heterocycles. The van der Waals surface area contributed by atoms with Crippen molar-refractivity contribution in [1.82, 2.24) is 24.3 Å². The highest BCUT2D eigenvalue weighted by Gasteiger charge is 2.14. The summed E-state index contributed by atoms with van der Waals surface area (Å²) < 4.78 is 3.60. The maximum atomic E-state index is 12.8. The van der Waals surface area contributed by atoms with Crippen LogP contribution in [0.15, 0.2) is 61.2 Å². The Morgan fingerprint density at radius 2 is 1.96 bits per heavy atom. The Bertz CT molecular complexity index is 1070. The summed E-state index contributed by atoms with van der Waals surface area (Å²) in [6, 6.07) is 15.4. The molecule has 2 heterocycles. The zero-order valence-corrected chi connectivity index (χ0v) is 15.6. The number of fused-ring (bicyclic) bond motifs is 1. The van der Waals surface area contributed by atoms with E-state index in [1.54, 1.807) is 22.8 Å². The van der Waals surface area contributed by atoms with Crippen LogP contribution in [-0.4, -0.2) is 36.5 Å². The summed E-state index contributed by atoms with van der Waals surface area (Å²) in [4.78, 5) is 21.4. The SMILES string of the molecule is CSCc1nc2ccccc2n1CC(=O)Nc1ccccc1-n1cncn1. The Labute approximate surface area is 160 Å². The number of aromatic nitrogens is 5. The monoisotopic (exact) mass is 378 g/mol. The van der Waals surface area contributed by atoms with Gasteiger partial charge in [0.05, 0.1) is 28.2 Å². The highest BCUT2D eigenvalue weighted by atomic mass is 32.2. The lowest BCUT2D eigenvalue weighted by Crippen LogP contribution is -2.21. The van der Waals surface area contributed by atoms with Gasteiger partial charge in [-0.05, 0) is 30.5 Å². The smallest absolute Gasteiger partial charge is 0.244 e. The Morgan fingerprint density at radius 1 is 1.15 bits per heavy atom.